The van der Waals surface area contributed by atoms with Crippen LogP contribution in [0.25, 0.3) is 0 Å². The first kappa shape index (κ1) is 17.2. The van der Waals surface area contributed by atoms with Gasteiger partial charge in [-0.25, -0.2) is 0 Å². The van der Waals surface area contributed by atoms with Gasteiger partial charge in [0.25, 0.3) is 0 Å². The summed E-state index contributed by atoms with van der Waals surface area (Å²) in [6.07, 6.45) is 13.4. The maximum Gasteiger partial charge on any atom is 0.224 e. The summed E-state index contributed by atoms with van der Waals surface area (Å²) in [5, 5.41) is 0. The second-order valence-electron chi connectivity index (χ2n) is 7.77. The zero-order valence-electron chi connectivity index (χ0n) is 14.6. The van der Waals surface area contributed by atoms with Crippen LogP contribution in [0.1, 0.15) is 70.6 Å². The second kappa shape index (κ2) is 8.48. The number of rotatable bonds is 4. The van der Waals surface area contributed by atoms with Crippen molar-refractivity contribution in [3.63, 3.8) is 0 Å². The van der Waals surface area contributed by atoms with E-state index >= 15 is 0 Å². The number of nitrogens with zero attached hydrogens (tertiary/aromatic N) is 1. The minimum absolute atomic E-state index is 0.297. The molecule has 4 nitrogen and oxygen atoms in total. The van der Waals surface area contributed by atoms with E-state index in [2.05, 4.69) is 4.90 Å². The summed E-state index contributed by atoms with van der Waals surface area (Å²) in [5.74, 6) is 0.306. The Hall–Kier alpha value is -0.610. The molecule has 3 aliphatic rings. The lowest BCUT2D eigenvalue weighted by atomic mass is 9.74. The summed E-state index contributed by atoms with van der Waals surface area (Å²) in [4.78, 5) is 14.7. The zero-order chi connectivity index (χ0) is 16.0. The molecule has 1 aliphatic carbocycles. The zero-order valence-corrected chi connectivity index (χ0v) is 14.6. The van der Waals surface area contributed by atoms with Crippen LogP contribution >= 0.6 is 0 Å². The molecule has 1 spiro atoms. The van der Waals surface area contributed by atoms with Gasteiger partial charge >= 0.3 is 0 Å². The summed E-state index contributed by atoms with van der Waals surface area (Å²) in [5.41, 5.74) is 0.436. The third-order valence-electron chi connectivity index (χ3n) is 6.02. The van der Waals surface area contributed by atoms with Crippen molar-refractivity contribution in [2.45, 2.75) is 76.7 Å². The molecule has 0 unspecified atom stereocenters. The van der Waals surface area contributed by atoms with E-state index in [4.69, 9.17) is 9.47 Å². The molecule has 0 aromatic carbocycles. The average Bonchev–Trinajstić information content (AvgIpc) is 2.81. The van der Waals surface area contributed by atoms with Crippen LogP contribution in [0.3, 0.4) is 0 Å². The highest BCUT2D eigenvalue weighted by atomic mass is 16.5. The quantitative estimate of drug-likeness (QED) is 0.794. The number of likely N-dealkylation sites (tertiary alicyclic amines) is 1. The van der Waals surface area contributed by atoms with Crippen LogP contribution in [0, 0.1) is 5.41 Å². The van der Waals surface area contributed by atoms with Gasteiger partial charge in [0.2, 0.25) is 5.91 Å². The molecule has 23 heavy (non-hydrogen) atoms. The Morgan fingerprint density at radius 1 is 1.04 bits per heavy atom. The van der Waals surface area contributed by atoms with Crippen LogP contribution in [-0.4, -0.2) is 49.8 Å². The van der Waals surface area contributed by atoms with Crippen molar-refractivity contribution < 1.29 is 14.3 Å². The first-order chi connectivity index (χ1) is 11.3. The van der Waals surface area contributed by atoms with Gasteiger partial charge in [0, 0.05) is 26.3 Å². The Labute approximate surface area is 140 Å². The molecule has 3 rings (SSSR count). The predicted molar refractivity (Wildman–Crippen MR) is 90.4 cm³/mol. The topological polar surface area (TPSA) is 38.8 Å². The third-order valence-corrected chi connectivity index (χ3v) is 6.02. The normalized spacial score (nSPS) is 26.2. The molecule has 0 bridgehead atoms. The van der Waals surface area contributed by atoms with E-state index in [0.717, 1.165) is 39.1 Å². The molecule has 0 N–H and O–H groups in total. The van der Waals surface area contributed by atoms with Crippen LogP contribution in [0.15, 0.2) is 0 Å². The molecule has 0 radical (unpaired) electrons. The molecular formula is C19H33NO3. The van der Waals surface area contributed by atoms with Crippen molar-refractivity contribution in [3.8, 4) is 0 Å². The van der Waals surface area contributed by atoms with E-state index in [0.29, 0.717) is 30.5 Å². The Bertz CT molecular complexity index is 371. The number of amides is 1. The van der Waals surface area contributed by atoms with Crippen LogP contribution in [0.2, 0.25) is 0 Å². The van der Waals surface area contributed by atoms with Crippen LogP contribution in [0.4, 0.5) is 0 Å². The van der Waals surface area contributed by atoms with E-state index in [1.807, 2.05) is 0 Å². The summed E-state index contributed by atoms with van der Waals surface area (Å²) in [7, 11) is 0. The highest BCUT2D eigenvalue weighted by Gasteiger charge is 2.36. The highest BCUT2D eigenvalue weighted by molar-refractivity contribution is 5.76. The fraction of sp³-hybridized carbons (Fsp3) is 0.947. The molecular weight excluding hydrogens is 290 g/mol. The highest BCUT2D eigenvalue weighted by Crippen LogP contribution is 2.42. The van der Waals surface area contributed by atoms with Crippen molar-refractivity contribution in [2.75, 3.05) is 32.9 Å². The van der Waals surface area contributed by atoms with Gasteiger partial charge in [0.1, 0.15) is 0 Å². The minimum atomic E-state index is 0.297. The van der Waals surface area contributed by atoms with Gasteiger partial charge in [0.05, 0.1) is 19.1 Å². The number of piperidine rings is 1. The Morgan fingerprint density at radius 3 is 2.48 bits per heavy atom. The molecule has 2 saturated heterocycles. The average molecular weight is 323 g/mol. The monoisotopic (exact) mass is 323 g/mol. The van der Waals surface area contributed by atoms with Crippen LogP contribution < -0.4 is 0 Å². The smallest absolute Gasteiger partial charge is 0.224 e. The van der Waals surface area contributed by atoms with Crippen molar-refractivity contribution in [3.05, 3.63) is 0 Å². The van der Waals surface area contributed by atoms with Crippen molar-refractivity contribution in [1.82, 2.24) is 4.90 Å². The standard InChI is InChI=1S/C19H33NO3/c21-18(8-15-23-17-6-13-22-14-7-17)20-12-5-11-19(16-20)9-3-1-2-4-10-19/h17H,1-16H2. The fourth-order valence-corrected chi connectivity index (χ4v) is 4.62. The van der Waals surface area contributed by atoms with Crippen LogP contribution in [-0.2, 0) is 14.3 Å². The van der Waals surface area contributed by atoms with Crippen molar-refractivity contribution in [1.29, 1.82) is 0 Å². The number of carbonyl (C=O) groups excluding carboxylic acids is 1. The summed E-state index contributed by atoms with van der Waals surface area (Å²) >= 11 is 0. The molecule has 4 heteroatoms. The van der Waals surface area contributed by atoms with Gasteiger partial charge in [-0.3, -0.25) is 4.79 Å². The lowest BCUT2D eigenvalue weighted by Crippen LogP contribution is -2.46. The third kappa shape index (κ3) is 4.93. The minimum Gasteiger partial charge on any atom is -0.381 e. The summed E-state index contributed by atoms with van der Waals surface area (Å²) < 4.78 is 11.2. The Balaban J connectivity index is 1.43. The predicted octanol–water partition coefficient (Wildman–Crippen LogP) is 3.54. The Kier molecular flexibility index (Phi) is 6.35. The number of hydrogen-bond donors (Lipinski definition) is 0. The lowest BCUT2D eigenvalue weighted by molar-refractivity contribution is -0.137. The van der Waals surface area contributed by atoms with Gasteiger partial charge in [-0.05, 0) is 43.9 Å². The van der Waals surface area contributed by atoms with Gasteiger partial charge in [-0.2, -0.15) is 0 Å². The summed E-state index contributed by atoms with van der Waals surface area (Å²) in [6.45, 7) is 4.13. The molecule has 1 saturated carbocycles. The number of hydrogen-bond acceptors (Lipinski definition) is 3. The molecule has 0 aromatic rings. The maximum absolute atomic E-state index is 12.6. The second-order valence-corrected chi connectivity index (χ2v) is 7.77. The van der Waals surface area contributed by atoms with Gasteiger partial charge in [0.15, 0.2) is 0 Å². The van der Waals surface area contributed by atoms with E-state index in [1.54, 1.807) is 0 Å². The molecule has 1 amide bonds. The largest absolute Gasteiger partial charge is 0.381 e. The molecule has 2 heterocycles. The molecule has 2 aliphatic heterocycles. The van der Waals surface area contributed by atoms with E-state index in [-0.39, 0.29) is 0 Å². The van der Waals surface area contributed by atoms with E-state index in [9.17, 15) is 4.79 Å². The number of ether oxygens (including phenoxy) is 2. The molecule has 0 aromatic heterocycles. The maximum atomic E-state index is 12.6. The van der Waals surface area contributed by atoms with E-state index < -0.39 is 0 Å². The lowest BCUT2D eigenvalue weighted by Gasteiger charge is -2.43. The number of carbonyl (C=O) groups is 1. The van der Waals surface area contributed by atoms with Gasteiger partial charge < -0.3 is 14.4 Å². The van der Waals surface area contributed by atoms with Gasteiger partial charge in [-0.15, -0.1) is 0 Å². The fourth-order valence-electron chi connectivity index (χ4n) is 4.62. The molecule has 0 atom stereocenters. The van der Waals surface area contributed by atoms with Crippen molar-refractivity contribution >= 4 is 5.91 Å². The van der Waals surface area contributed by atoms with Crippen LogP contribution in [0.5, 0.6) is 0 Å². The first-order valence-electron chi connectivity index (χ1n) is 9.75. The van der Waals surface area contributed by atoms with E-state index in [1.165, 1.54) is 51.4 Å². The SMILES string of the molecule is O=C(CCOC1CCOCC1)N1CCCC2(CCCCCC2)C1. The first-order valence-corrected chi connectivity index (χ1v) is 9.75. The Morgan fingerprint density at radius 2 is 1.74 bits per heavy atom. The molecule has 3 fully saturated rings. The van der Waals surface area contributed by atoms with Gasteiger partial charge in [-0.1, -0.05) is 25.7 Å². The van der Waals surface area contributed by atoms with Crippen molar-refractivity contribution in [2.24, 2.45) is 5.41 Å². The summed E-state index contributed by atoms with van der Waals surface area (Å²) in [6, 6.07) is 0. The molecule has 132 valence electrons.